The molecular formula is C13H22N2O. The number of rotatable bonds is 4. The standard InChI is InChI=1S/C13H22N2O/c1-11-5-6-12(16-11)9-14-10-13(2)7-3-4-8-15-13/h5-6,14-15H,3-4,7-10H2,1-2H3. The molecule has 0 radical (unpaired) electrons. The minimum atomic E-state index is 0.264. The van der Waals surface area contributed by atoms with Crippen molar-refractivity contribution < 1.29 is 4.42 Å². The van der Waals surface area contributed by atoms with E-state index in [9.17, 15) is 0 Å². The monoisotopic (exact) mass is 222 g/mol. The molecule has 1 aromatic rings. The van der Waals surface area contributed by atoms with E-state index < -0.39 is 0 Å². The Kier molecular flexibility index (Phi) is 3.66. The summed E-state index contributed by atoms with van der Waals surface area (Å²) in [6, 6.07) is 4.05. The first-order valence-electron chi connectivity index (χ1n) is 6.19. The highest BCUT2D eigenvalue weighted by molar-refractivity contribution is 5.05. The molecule has 0 bridgehead atoms. The van der Waals surface area contributed by atoms with Crippen LogP contribution in [-0.2, 0) is 6.54 Å². The summed E-state index contributed by atoms with van der Waals surface area (Å²) in [6.07, 6.45) is 3.91. The van der Waals surface area contributed by atoms with Crippen LogP contribution in [0.15, 0.2) is 16.5 Å². The molecule has 1 fully saturated rings. The van der Waals surface area contributed by atoms with Crippen molar-refractivity contribution in [3.8, 4) is 0 Å². The first-order valence-corrected chi connectivity index (χ1v) is 6.19. The Morgan fingerprint density at radius 2 is 2.31 bits per heavy atom. The average molecular weight is 222 g/mol. The zero-order valence-corrected chi connectivity index (χ0v) is 10.3. The fraction of sp³-hybridized carbons (Fsp3) is 0.692. The second-order valence-electron chi connectivity index (χ2n) is 5.06. The van der Waals surface area contributed by atoms with Crippen LogP contribution in [0.25, 0.3) is 0 Å². The van der Waals surface area contributed by atoms with Gasteiger partial charge in [-0.1, -0.05) is 6.42 Å². The predicted octanol–water partition coefficient (Wildman–Crippen LogP) is 2.21. The quantitative estimate of drug-likeness (QED) is 0.820. The maximum absolute atomic E-state index is 5.52. The van der Waals surface area contributed by atoms with E-state index in [1.54, 1.807) is 0 Å². The molecule has 1 saturated heterocycles. The van der Waals surface area contributed by atoms with Gasteiger partial charge in [0, 0.05) is 12.1 Å². The highest BCUT2D eigenvalue weighted by atomic mass is 16.3. The summed E-state index contributed by atoms with van der Waals surface area (Å²) in [7, 11) is 0. The summed E-state index contributed by atoms with van der Waals surface area (Å²) >= 11 is 0. The average Bonchev–Trinajstić information content (AvgIpc) is 2.65. The maximum atomic E-state index is 5.52. The molecule has 2 N–H and O–H groups in total. The maximum Gasteiger partial charge on any atom is 0.117 e. The molecule has 0 saturated carbocycles. The molecule has 1 atom stereocenters. The van der Waals surface area contributed by atoms with E-state index in [1.807, 2.05) is 19.1 Å². The molecule has 0 aromatic carbocycles. The molecule has 2 rings (SSSR count). The Hall–Kier alpha value is -0.800. The summed E-state index contributed by atoms with van der Waals surface area (Å²) < 4.78 is 5.52. The molecule has 1 aliphatic rings. The largest absolute Gasteiger partial charge is 0.465 e. The second-order valence-corrected chi connectivity index (χ2v) is 5.06. The van der Waals surface area contributed by atoms with Crippen LogP contribution in [0.4, 0.5) is 0 Å². The van der Waals surface area contributed by atoms with Crippen LogP contribution in [0.3, 0.4) is 0 Å². The van der Waals surface area contributed by atoms with Crippen molar-refractivity contribution in [2.24, 2.45) is 0 Å². The van der Waals surface area contributed by atoms with Crippen molar-refractivity contribution in [2.45, 2.75) is 45.2 Å². The smallest absolute Gasteiger partial charge is 0.117 e. The SMILES string of the molecule is Cc1ccc(CNCC2(C)CCCCN2)o1. The van der Waals surface area contributed by atoms with Crippen LogP contribution in [-0.4, -0.2) is 18.6 Å². The van der Waals surface area contributed by atoms with E-state index in [1.165, 1.54) is 19.3 Å². The molecule has 90 valence electrons. The summed E-state index contributed by atoms with van der Waals surface area (Å²) in [5.41, 5.74) is 0.264. The van der Waals surface area contributed by atoms with Gasteiger partial charge in [0.05, 0.1) is 6.54 Å². The summed E-state index contributed by atoms with van der Waals surface area (Å²) in [4.78, 5) is 0. The Morgan fingerprint density at radius 3 is 2.94 bits per heavy atom. The minimum Gasteiger partial charge on any atom is -0.465 e. The van der Waals surface area contributed by atoms with Crippen molar-refractivity contribution in [1.29, 1.82) is 0 Å². The first-order chi connectivity index (χ1) is 7.68. The topological polar surface area (TPSA) is 37.2 Å². The number of hydrogen-bond acceptors (Lipinski definition) is 3. The van der Waals surface area contributed by atoms with Gasteiger partial charge in [-0.2, -0.15) is 0 Å². The highest BCUT2D eigenvalue weighted by Crippen LogP contribution is 2.17. The van der Waals surface area contributed by atoms with Crippen LogP contribution in [0.2, 0.25) is 0 Å². The minimum absolute atomic E-state index is 0.264. The lowest BCUT2D eigenvalue weighted by Crippen LogP contribution is -2.52. The Labute approximate surface area is 97.6 Å². The van der Waals surface area contributed by atoms with E-state index in [0.717, 1.165) is 31.2 Å². The van der Waals surface area contributed by atoms with Crippen LogP contribution in [0.1, 0.15) is 37.7 Å². The van der Waals surface area contributed by atoms with Gasteiger partial charge in [-0.15, -0.1) is 0 Å². The molecule has 0 amide bonds. The fourth-order valence-corrected chi connectivity index (χ4v) is 2.31. The van der Waals surface area contributed by atoms with Gasteiger partial charge < -0.3 is 15.1 Å². The van der Waals surface area contributed by atoms with Crippen molar-refractivity contribution in [3.05, 3.63) is 23.7 Å². The summed E-state index contributed by atoms with van der Waals surface area (Å²) in [6.45, 7) is 7.26. The van der Waals surface area contributed by atoms with Crippen LogP contribution < -0.4 is 10.6 Å². The van der Waals surface area contributed by atoms with E-state index in [-0.39, 0.29) is 5.54 Å². The van der Waals surface area contributed by atoms with Gasteiger partial charge in [-0.05, 0) is 45.4 Å². The van der Waals surface area contributed by atoms with Crippen molar-refractivity contribution in [3.63, 3.8) is 0 Å². The lowest BCUT2D eigenvalue weighted by atomic mass is 9.91. The Balaban J connectivity index is 1.74. The number of hydrogen-bond donors (Lipinski definition) is 2. The molecule has 3 nitrogen and oxygen atoms in total. The number of piperidine rings is 1. The molecule has 0 spiro atoms. The predicted molar refractivity (Wildman–Crippen MR) is 65.4 cm³/mol. The lowest BCUT2D eigenvalue weighted by Gasteiger charge is -2.35. The van der Waals surface area contributed by atoms with Gasteiger partial charge in [-0.25, -0.2) is 0 Å². The van der Waals surface area contributed by atoms with Crippen LogP contribution >= 0.6 is 0 Å². The van der Waals surface area contributed by atoms with Gasteiger partial charge >= 0.3 is 0 Å². The Morgan fingerprint density at radius 1 is 1.44 bits per heavy atom. The zero-order chi connectivity index (χ0) is 11.4. The molecule has 1 aliphatic heterocycles. The number of aryl methyl sites for hydroxylation is 1. The van der Waals surface area contributed by atoms with E-state index in [0.29, 0.717) is 0 Å². The second kappa shape index (κ2) is 5.02. The highest BCUT2D eigenvalue weighted by Gasteiger charge is 2.25. The molecule has 1 aromatic heterocycles. The number of furan rings is 1. The molecule has 1 unspecified atom stereocenters. The van der Waals surface area contributed by atoms with Crippen LogP contribution in [0, 0.1) is 6.92 Å². The van der Waals surface area contributed by atoms with Crippen molar-refractivity contribution in [2.75, 3.05) is 13.1 Å². The third-order valence-electron chi connectivity index (χ3n) is 3.32. The van der Waals surface area contributed by atoms with Gasteiger partial charge in [0.2, 0.25) is 0 Å². The number of nitrogens with one attached hydrogen (secondary N) is 2. The summed E-state index contributed by atoms with van der Waals surface area (Å²) in [5, 5.41) is 7.06. The Bertz CT molecular complexity index is 326. The normalized spacial score (nSPS) is 25.9. The lowest BCUT2D eigenvalue weighted by molar-refractivity contribution is 0.264. The van der Waals surface area contributed by atoms with Gasteiger partial charge in [0.25, 0.3) is 0 Å². The van der Waals surface area contributed by atoms with Crippen LogP contribution in [0.5, 0.6) is 0 Å². The van der Waals surface area contributed by atoms with Crippen molar-refractivity contribution in [1.82, 2.24) is 10.6 Å². The summed E-state index contributed by atoms with van der Waals surface area (Å²) in [5.74, 6) is 2.01. The molecule has 3 heteroatoms. The van der Waals surface area contributed by atoms with Gasteiger partial charge in [0.1, 0.15) is 11.5 Å². The third-order valence-corrected chi connectivity index (χ3v) is 3.32. The molecule has 0 aliphatic carbocycles. The van der Waals surface area contributed by atoms with Gasteiger partial charge in [-0.3, -0.25) is 0 Å². The van der Waals surface area contributed by atoms with E-state index in [4.69, 9.17) is 4.42 Å². The third kappa shape index (κ3) is 3.09. The van der Waals surface area contributed by atoms with Gasteiger partial charge in [0.15, 0.2) is 0 Å². The van der Waals surface area contributed by atoms with E-state index >= 15 is 0 Å². The fourth-order valence-electron chi connectivity index (χ4n) is 2.31. The molecule has 16 heavy (non-hydrogen) atoms. The first kappa shape index (κ1) is 11.7. The molecular weight excluding hydrogens is 200 g/mol. The van der Waals surface area contributed by atoms with Crippen molar-refractivity contribution >= 4 is 0 Å². The zero-order valence-electron chi connectivity index (χ0n) is 10.3. The molecule has 2 heterocycles. The van der Waals surface area contributed by atoms with E-state index in [2.05, 4.69) is 17.6 Å².